The standard InChI is InChI=1S/C16H13BrN4O3/c1-23-14-5-4-11(17)7-10(14)9-18-21-16(22)13-8-12(19-20-13)15-3-2-6-24-15/h2-9H,1H3,(H,19,20)(H,21,22). The van der Waals surface area contributed by atoms with Crippen LogP contribution >= 0.6 is 15.9 Å². The van der Waals surface area contributed by atoms with Crippen molar-refractivity contribution in [1.29, 1.82) is 0 Å². The number of hydrogen-bond donors (Lipinski definition) is 2. The molecule has 3 aromatic rings. The van der Waals surface area contributed by atoms with Crippen LogP contribution in [0.25, 0.3) is 11.5 Å². The van der Waals surface area contributed by atoms with Gasteiger partial charge < -0.3 is 9.15 Å². The topological polar surface area (TPSA) is 92.5 Å². The molecular formula is C16H13BrN4O3. The third-order valence-electron chi connectivity index (χ3n) is 3.16. The van der Waals surface area contributed by atoms with E-state index in [1.54, 1.807) is 37.6 Å². The zero-order valence-electron chi connectivity index (χ0n) is 12.6. The number of carbonyl (C=O) groups is 1. The first-order valence-electron chi connectivity index (χ1n) is 6.93. The highest BCUT2D eigenvalue weighted by atomic mass is 79.9. The number of methoxy groups -OCH3 is 1. The van der Waals surface area contributed by atoms with E-state index in [2.05, 4.69) is 36.7 Å². The third-order valence-corrected chi connectivity index (χ3v) is 3.65. The Morgan fingerprint density at radius 1 is 1.42 bits per heavy atom. The van der Waals surface area contributed by atoms with Crippen LogP contribution in [0.2, 0.25) is 0 Å². The molecule has 24 heavy (non-hydrogen) atoms. The second-order valence-corrected chi connectivity index (χ2v) is 5.65. The molecule has 0 aliphatic heterocycles. The minimum Gasteiger partial charge on any atom is -0.496 e. The van der Waals surface area contributed by atoms with Gasteiger partial charge in [0.1, 0.15) is 11.4 Å². The first-order chi connectivity index (χ1) is 11.7. The molecule has 0 fully saturated rings. The fraction of sp³-hybridized carbons (Fsp3) is 0.0625. The number of aromatic nitrogens is 2. The van der Waals surface area contributed by atoms with E-state index >= 15 is 0 Å². The molecule has 2 heterocycles. The average molecular weight is 389 g/mol. The second-order valence-electron chi connectivity index (χ2n) is 4.73. The normalized spacial score (nSPS) is 10.9. The van der Waals surface area contributed by atoms with E-state index in [1.807, 2.05) is 12.1 Å². The van der Waals surface area contributed by atoms with Crippen LogP contribution in [0, 0.1) is 0 Å². The maximum atomic E-state index is 12.1. The van der Waals surface area contributed by atoms with Crippen molar-refractivity contribution in [1.82, 2.24) is 15.6 Å². The lowest BCUT2D eigenvalue weighted by molar-refractivity contribution is 0.0950. The van der Waals surface area contributed by atoms with Crippen LogP contribution in [0.3, 0.4) is 0 Å². The first-order valence-corrected chi connectivity index (χ1v) is 7.73. The summed E-state index contributed by atoms with van der Waals surface area (Å²) in [6, 6.07) is 10.6. The molecule has 2 aromatic heterocycles. The summed E-state index contributed by atoms with van der Waals surface area (Å²) in [4.78, 5) is 12.1. The molecule has 0 atom stereocenters. The van der Waals surface area contributed by atoms with Crippen LogP contribution in [0.1, 0.15) is 16.1 Å². The maximum absolute atomic E-state index is 12.1. The molecule has 2 N–H and O–H groups in total. The van der Waals surface area contributed by atoms with Crippen LogP contribution in [0.4, 0.5) is 0 Å². The maximum Gasteiger partial charge on any atom is 0.291 e. The monoisotopic (exact) mass is 388 g/mol. The predicted octanol–water partition coefficient (Wildman–Crippen LogP) is 3.20. The summed E-state index contributed by atoms with van der Waals surface area (Å²) in [5.41, 5.74) is 3.97. The predicted molar refractivity (Wildman–Crippen MR) is 92.0 cm³/mol. The minimum absolute atomic E-state index is 0.208. The van der Waals surface area contributed by atoms with Crippen molar-refractivity contribution in [3.63, 3.8) is 0 Å². The number of carbonyl (C=O) groups excluding carboxylic acids is 1. The van der Waals surface area contributed by atoms with E-state index in [0.717, 1.165) is 10.0 Å². The Kier molecular flexibility index (Phi) is 4.76. The number of rotatable bonds is 5. The van der Waals surface area contributed by atoms with Gasteiger partial charge >= 0.3 is 0 Å². The van der Waals surface area contributed by atoms with E-state index in [4.69, 9.17) is 9.15 Å². The lowest BCUT2D eigenvalue weighted by atomic mass is 10.2. The summed E-state index contributed by atoms with van der Waals surface area (Å²) in [5, 5.41) is 10.6. The summed E-state index contributed by atoms with van der Waals surface area (Å²) in [7, 11) is 1.57. The lowest BCUT2D eigenvalue weighted by Crippen LogP contribution is -2.18. The Labute approximate surface area is 145 Å². The van der Waals surface area contributed by atoms with E-state index < -0.39 is 5.91 Å². The Morgan fingerprint density at radius 3 is 3.04 bits per heavy atom. The van der Waals surface area contributed by atoms with Crippen molar-refractivity contribution in [2.75, 3.05) is 7.11 Å². The van der Waals surface area contributed by atoms with Gasteiger partial charge in [-0.2, -0.15) is 10.2 Å². The van der Waals surface area contributed by atoms with Crippen molar-refractivity contribution in [2.45, 2.75) is 0 Å². The molecule has 0 spiro atoms. The van der Waals surface area contributed by atoms with Gasteiger partial charge in [-0.3, -0.25) is 9.89 Å². The number of H-pyrrole nitrogens is 1. The highest BCUT2D eigenvalue weighted by molar-refractivity contribution is 9.10. The molecular weight excluding hydrogens is 376 g/mol. The van der Waals surface area contributed by atoms with Gasteiger partial charge in [-0.1, -0.05) is 15.9 Å². The van der Waals surface area contributed by atoms with E-state index in [9.17, 15) is 4.79 Å². The summed E-state index contributed by atoms with van der Waals surface area (Å²) < 4.78 is 11.4. The highest BCUT2D eigenvalue weighted by Crippen LogP contribution is 2.21. The van der Waals surface area contributed by atoms with Gasteiger partial charge in [0.25, 0.3) is 5.91 Å². The third kappa shape index (κ3) is 3.54. The van der Waals surface area contributed by atoms with Gasteiger partial charge in [0.2, 0.25) is 0 Å². The van der Waals surface area contributed by atoms with Gasteiger partial charge in [0.05, 0.1) is 19.6 Å². The number of amides is 1. The number of aromatic amines is 1. The van der Waals surface area contributed by atoms with Crippen molar-refractivity contribution in [3.05, 3.63) is 58.4 Å². The molecule has 1 amide bonds. The van der Waals surface area contributed by atoms with E-state index in [-0.39, 0.29) is 5.69 Å². The molecule has 0 aliphatic carbocycles. The molecule has 0 saturated heterocycles. The smallest absolute Gasteiger partial charge is 0.291 e. The average Bonchev–Trinajstić information content (AvgIpc) is 3.26. The summed E-state index contributed by atoms with van der Waals surface area (Å²) in [6.45, 7) is 0. The number of halogens is 1. The van der Waals surface area contributed by atoms with Crippen LogP contribution in [0.5, 0.6) is 5.75 Å². The summed E-state index contributed by atoms with van der Waals surface area (Å²) >= 11 is 3.38. The molecule has 0 bridgehead atoms. The van der Waals surface area contributed by atoms with E-state index in [0.29, 0.717) is 17.2 Å². The molecule has 0 saturated carbocycles. The van der Waals surface area contributed by atoms with Crippen LogP contribution in [-0.2, 0) is 0 Å². The number of nitrogens with zero attached hydrogens (tertiary/aromatic N) is 2. The fourth-order valence-electron chi connectivity index (χ4n) is 2.02. The lowest BCUT2D eigenvalue weighted by Gasteiger charge is -2.04. The molecule has 3 rings (SSSR count). The molecule has 8 heteroatoms. The zero-order chi connectivity index (χ0) is 16.9. The molecule has 1 aromatic carbocycles. The Hall–Kier alpha value is -2.87. The fourth-order valence-corrected chi connectivity index (χ4v) is 2.40. The number of ether oxygens (including phenoxy) is 1. The number of hydrogen-bond acceptors (Lipinski definition) is 5. The van der Waals surface area contributed by atoms with Crippen LogP contribution in [-0.4, -0.2) is 29.4 Å². The van der Waals surface area contributed by atoms with Crippen molar-refractivity contribution < 1.29 is 13.9 Å². The number of benzene rings is 1. The van der Waals surface area contributed by atoms with Gasteiger partial charge in [-0.25, -0.2) is 5.43 Å². The Morgan fingerprint density at radius 2 is 2.29 bits per heavy atom. The van der Waals surface area contributed by atoms with Crippen molar-refractivity contribution in [3.8, 4) is 17.2 Å². The molecule has 0 radical (unpaired) electrons. The quantitative estimate of drug-likeness (QED) is 0.518. The van der Waals surface area contributed by atoms with Crippen molar-refractivity contribution >= 4 is 28.1 Å². The van der Waals surface area contributed by atoms with Gasteiger partial charge in [-0.15, -0.1) is 0 Å². The summed E-state index contributed by atoms with van der Waals surface area (Å²) in [5.74, 6) is 0.814. The molecule has 122 valence electrons. The largest absolute Gasteiger partial charge is 0.496 e. The Balaban J connectivity index is 1.69. The molecule has 0 aliphatic rings. The summed E-state index contributed by atoms with van der Waals surface area (Å²) in [6.07, 6.45) is 3.05. The van der Waals surface area contributed by atoms with Gasteiger partial charge in [0, 0.05) is 16.1 Å². The molecule has 0 unspecified atom stereocenters. The molecule has 7 nitrogen and oxygen atoms in total. The van der Waals surface area contributed by atoms with Crippen molar-refractivity contribution in [2.24, 2.45) is 5.10 Å². The zero-order valence-corrected chi connectivity index (χ0v) is 14.2. The number of furan rings is 1. The van der Waals surface area contributed by atoms with Crippen LogP contribution in [0.15, 0.2) is 56.7 Å². The highest BCUT2D eigenvalue weighted by Gasteiger charge is 2.12. The number of nitrogens with one attached hydrogen (secondary N) is 2. The number of hydrazone groups is 1. The second kappa shape index (κ2) is 7.14. The van der Waals surface area contributed by atoms with Crippen LogP contribution < -0.4 is 10.2 Å². The SMILES string of the molecule is COc1ccc(Br)cc1C=NNC(=O)c1cc(-c2ccco2)[nH]n1. The van der Waals surface area contributed by atoms with E-state index in [1.165, 1.54) is 6.21 Å². The first kappa shape index (κ1) is 16.0. The minimum atomic E-state index is -0.436. The van der Waals surface area contributed by atoms with Gasteiger partial charge in [0.15, 0.2) is 11.5 Å². The Bertz CT molecular complexity index is 871. The van der Waals surface area contributed by atoms with Gasteiger partial charge in [-0.05, 0) is 30.3 Å².